The van der Waals surface area contributed by atoms with Crippen LogP contribution in [-0.2, 0) is 33.2 Å². The Bertz CT molecular complexity index is 1740. The van der Waals surface area contributed by atoms with Gasteiger partial charge in [-0.1, -0.05) is 223 Å². The van der Waals surface area contributed by atoms with Crippen molar-refractivity contribution in [3.05, 3.63) is 48.6 Å². The molecule has 3 heterocycles. The Morgan fingerprint density at radius 2 is 0.812 bits per heavy atom. The number of carbonyl (C=O) groups excluding carboxylic acids is 1. The molecule has 17 unspecified atom stereocenters. The molecule has 0 bridgehead atoms. The number of hydrogen-bond acceptors (Lipinski definition) is 18. The highest BCUT2D eigenvalue weighted by Gasteiger charge is 2.53. The third kappa shape index (κ3) is 31.4. The SMILES string of the molecule is CC/C=C\C/C=C\C/C=C\C/C=C\CCCCCCCCCCCCCCCCCCCCCCCCC(=O)NC(COC1OC(CO)C(OC2OC(CO)C(OC3OC(CO)C(O)C(O)C3O)C(O)C2O)C(O)C1O)C(O)CCCCCCC. The van der Waals surface area contributed by atoms with E-state index in [2.05, 4.69) is 67.8 Å². The van der Waals surface area contributed by atoms with Gasteiger partial charge >= 0.3 is 0 Å². The Kier molecular flexibility index (Phi) is 44.0. The fourth-order valence-electron chi connectivity index (χ4n) is 11.2. The van der Waals surface area contributed by atoms with Gasteiger partial charge in [-0.25, -0.2) is 0 Å². The summed E-state index contributed by atoms with van der Waals surface area (Å²) >= 11 is 0. The first-order valence-corrected chi connectivity index (χ1v) is 33.4. The van der Waals surface area contributed by atoms with Crippen LogP contribution in [0.4, 0.5) is 0 Å². The second kappa shape index (κ2) is 48.6. The highest BCUT2D eigenvalue weighted by molar-refractivity contribution is 5.76. The number of ether oxygens (including phenoxy) is 6. The van der Waals surface area contributed by atoms with Crippen molar-refractivity contribution in [2.45, 2.75) is 336 Å². The van der Waals surface area contributed by atoms with E-state index in [1.807, 2.05) is 0 Å². The standard InChI is InChI=1S/C66H119NO18/c1-3-5-7-9-10-11-12-13-14-15-16-17-18-19-20-21-22-23-24-25-26-27-28-29-30-31-32-33-34-35-36-37-38-40-42-44-54(72)67-49(50(71)43-41-39-8-6-4-2)48-80-64-60(78)57(75)62(52(46-69)82-64)85-66-61(79)58(76)63(53(47-70)83-66)84-65-59(77)56(74)55(73)51(45-68)81-65/h5,7,10-11,13-14,16-17,49-53,55-66,68-71,73-79H,3-4,6,8-9,12,15,18-48H2,1-2H3,(H,67,72)/b7-5-,11-10-,14-13-,17-16-. The molecule has 85 heavy (non-hydrogen) atoms. The third-order valence-corrected chi connectivity index (χ3v) is 16.7. The number of aliphatic hydroxyl groups is 11. The number of nitrogens with one attached hydrogen (secondary N) is 1. The van der Waals surface area contributed by atoms with Crippen LogP contribution in [-0.4, -0.2) is 193 Å². The van der Waals surface area contributed by atoms with Crippen molar-refractivity contribution in [3.63, 3.8) is 0 Å². The predicted molar refractivity (Wildman–Crippen MR) is 328 cm³/mol. The molecule has 496 valence electrons. The topological polar surface area (TPSA) is 307 Å². The lowest BCUT2D eigenvalue weighted by Gasteiger charge is -2.48. The normalized spacial score (nSPS) is 29.3. The Hall–Kier alpha value is -2.25. The fraction of sp³-hybridized carbons (Fsp3) is 0.864. The second-order valence-corrected chi connectivity index (χ2v) is 23.9. The van der Waals surface area contributed by atoms with Crippen LogP contribution >= 0.6 is 0 Å². The van der Waals surface area contributed by atoms with Crippen LogP contribution in [0.5, 0.6) is 0 Å². The maximum Gasteiger partial charge on any atom is 0.220 e. The molecule has 3 saturated heterocycles. The smallest absolute Gasteiger partial charge is 0.220 e. The minimum atomic E-state index is -1.97. The average Bonchev–Trinajstić information content (AvgIpc) is 2.21. The molecule has 0 radical (unpaired) electrons. The summed E-state index contributed by atoms with van der Waals surface area (Å²) in [6.07, 6.45) is 30.2. The van der Waals surface area contributed by atoms with Gasteiger partial charge in [0.25, 0.3) is 0 Å². The molecule has 1 amide bonds. The monoisotopic (exact) mass is 1210 g/mol. The molecule has 12 N–H and O–H groups in total. The van der Waals surface area contributed by atoms with E-state index < -0.39 is 124 Å². The Balaban J connectivity index is 1.25. The van der Waals surface area contributed by atoms with E-state index in [9.17, 15) is 61.0 Å². The van der Waals surface area contributed by atoms with Gasteiger partial charge in [0.15, 0.2) is 18.9 Å². The lowest BCUT2D eigenvalue weighted by atomic mass is 9.96. The number of hydrogen-bond donors (Lipinski definition) is 12. The van der Waals surface area contributed by atoms with Gasteiger partial charge in [-0.2, -0.15) is 0 Å². The molecule has 17 atom stereocenters. The summed E-state index contributed by atoms with van der Waals surface area (Å²) in [6, 6.07) is -0.882. The van der Waals surface area contributed by atoms with Gasteiger partial charge in [0.2, 0.25) is 5.91 Å². The molecule has 0 aliphatic carbocycles. The number of allylic oxidation sites excluding steroid dienone is 8. The molecular weight excluding hydrogens is 1090 g/mol. The molecular formula is C66H119NO18. The van der Waals surface area contributed by atoms with Gasteiger partial charge in [-0.05, 0) is 51.4 Å². The Labute approximate surface area is 510 Å². The van der Waals surface area contributed by atoms with Crippen LogP contribution in [0.3, 0.4) is 0 Å². The van der Waals surface area contributed by atoms with Crippen molar-refractivity contribution in [2.75, 3.05) is 26.4 Å². The van der Waals surface area contributed by atoms with Crippen molar-refractivity contribution in [2.24, 2.45) is 0 Å². The van der Waals surface area contributed by atoms with Crippen molar-refractivity contribution in [1.82, 2.24) is 5.32 Å². The molecule has 3 aliphatic heterocycles. The molecule has 0 aromatic carbocycles. The van der Waals surface area contributed by atoms with Crippen molar-refractivity contribution in [3.8, 4) is 0 Å². The van der Waals surface area contributed by atoms with Gasteiger partial charge in [0, 0.05) is 6.42 Å². The number of amides is 1. The van der Waals surface area contributed by atoms with Gasteiger partial charge in [-0.3, -0.25) is 4.79 Å². The molecule has 19 heteroatoms. The molecule has 19 nitrogen and oxygen atoms in total. The van der Waals surface area contributed by atoms with E-state index in [1.165, 1.54) is 122 Å². The minimum Gasteiger partial charge on any atom is -0.394 e. The summed E-state index contributed by atoms with van der Waals surface area (Å²) in [6.45, 7) is 1.57. The number of aliphatic hydroxyl groups excluding tert-OH is 11. The van der Waals surface area contributed by atoms with Crippen LogP contribution in [0, 0.1) is 0 Å². The summed E-state index contributed by atoms with van der Waals surface area (Å²) in [7, 11) is 0. The number of carbonyl (C=O) groups is 1. The summed E-state index contributed by atoms with van der Waals surface area (Å²) in [4.78, 5) is 13.3. The lowest BCUT2D eigenvalue weighted by molar-refractivity contribution is -0.379. The maximum atomic E-state index is 13.3. The van der Waals surface area contributed by atoms with Crippen LogP contribution in [0.1, 0.15) is 232 Å². The van der Waals surface area contributed by atoms with Crippen LogP contribution < -0.4 is 5.32 Å². The zero-order chi connectivity index (χ0) is 61.9. The fourth-order valence-corrected chi connectivity index (χ4v) is 11.2. The first-order chi connectivity index (χ1) is 41.3. The first-order valence-electron chi connectivity index (χ1n) is 33.4. The van der Waals surface area contributed by atoms with E-state index >= 15 is 0 Å². The lowest BCUT2D eigenvalue weighted by Crippen LogP contribution is -2.66. The van der Waals surface area contributed by atoms with Gasteiger partial charge < -0.3 is 89.9 Å². The minimum absolute atomic E-state index is 0.248. The first kappa shape index (κ1) is 77.0. The van der Waals surface area contributed by atoms with E-state index in [1.54, 1.807) is 0 Å². The van der Waals surface area contributed by atoms with Gasteiger partial charge in [-0.15, -0.1) is 0 Å². The molecule has 0 spiro atoms. The highest BCUT2D eigenvalue weighted by Crippen LogP contribution is 2.33. The van der Waals surface area contributed by atoms with Crippen LogP contribution in [0.15, 0.2) is 48.6 Å². The van der Waals surface area contributed by atoms with E-state index in [0.717, 1.165) is 77.0 Å². The zero-order valence-electron chi connectivity index (χ0n) is 52.1. The Morgan fingerprint density at radius 1 is 0.435 bits per heavy atom. The van der Waals surface area contributed by atoms with Crippen LogP contribution in [0.25, 0.3) is 0 Å². The Morgan fingerprint density at radius 3 is 1.27 bits per heavy atom. The molecule has 0 aromatic rings. The van der Waals surface area contributed by atoms with Crippen molar-refractivity contribution < 1.29 is 89.4 Å². The quantitative estimate of drug-likeness (QED) is 0.0204. The molecule has 0 saturated carbocycles. The third-order valence-electron chi connectivity index (χ3n) is 16.7. The summed E-state index contributed by atoms with van der Waals surface area (Å²) in [5, 5.41) is 120. The maximum absolute atomic E-state index is 13.3. The highest BCUT2D eigenvalue weighted by atomic mass is 16.8. The van der Waals surface area contributed by atoms with Gasteiger partial charge in [0.1, 0.15) is 73.2 Å². The zero-order valence-corrected chi connectivity index (χ0v) is 52.1. The summed E-state index contributed by atoms with van der Waals surface area (Å²) in [5.74, 6) is -0.248. The summed E-state index contributed by atoms with van der Waals surface area (Å²) < 4.78 is 34.2. The van der Waals surface area contributed by atoms with Crippen LogP contribution in [0.2, 0.25) is 0 Å². The van der Waals surface area contributed by atoms with E-state index in [0.29, 0.717) is 12.8 Å². The van der Waals surface area contributed by atoms with E-state index in [4.69, 9.17) is 28.4 Å². The number of unbranched alkanes of at least 4 members (excludes halogenated alkanes) is 26. The largest absolute Gasteiger partial charge is 0.394 e. The van der Waals surface area contributed by atoms with Crippen molar-refractivity contribution in [1.29, 1.82) is 0 Å². The molecule has 3 rings (SSSR count). The van der Waals surface area contributed by atoms with Gasteiger partial charge in [0.05, 0.1) is 38.6 Å². The predicted octanol–water partition coefficient (Wildman–Crippen LogP) is 7.83. The number of rotatable bonds is 50. The van der Waals surface area contributed by atoms with Crippen molar-refractivity contribution >= 4 is 5.91 Å². The average molecular weight is 1210 g/mol. The molecule has 3 aliphatic rings. The second-order valence-electron chi connectivity index (χ2n) is 23.9. The van der Waals surface area contributed by atoms with E-state index in [-0.39, 0.29) is 18.9 Å². The molecule has 3 fully saturated rings. The summed E-state index contributed by atoms with van der Waals surface area (Å²) in [5.41, 5.74) is 0. The molecule has 0 aromatic heterocycles.